The molecule has 0 aliphatic rings. The zero-order valence-corrected chi connectivity index (χ0v) is 8.36. The highest BCUT2D eigenvalue weighted by atomic mass is 35.5. The number of rotatable bonds is 3. The van der Waals surface area contributed by atoms with Crippen LogP contribution in [0.5, 0.6) is 0 Å². The maximum Gasteiger partial charge on any atom is 0.0623 e. The molecule has 0 bridgehead atoms. The van der Waals surface area contributed by atoms with E-state index in [2.05, 4.69) is 5.32 Å². The summed E-state index contributed by atoms with van der Waals surface area (Å²) in [7, 11) is 1.79. The molecular formula is C9H10Cl2N-. The van der Waals surface area contributed by atoms with Crippen molar-refractivity contribution in [3.8, 4) is 0 Å². The van der Waals surface area contributed by atoms with Crippen molar-refractivity contribution in [3.05, 3.63) is 39.1 Å². The van der Waals surface area contributed by atoms with E-state index >= 15 is 0 Å². The van der Waals surface area contributed by atoms with E-state index in [0.717, 1.165) is 18.5 Å². The Balaban J connectivity index is 2.78. The van der Waals surface area contributed by atoms with Crippen molar-refractivity contribution in [1.29, 1.82) is 0 Å². The van der Waals surface area contributed by atoms with Crippen LogP contribution in [-0.2, 0) is 6.42 Å². The highest BCUT2D eigenvalue weighted by molar-refractivity contribution is 6.42. The van der Waals surface area contributed by atoms with E-state index in [1.165, 1.54) is 0 Å². The van der Waals surface area contributed by atoms with Crippen molar-refractivity contribution in [1.82, 2.24) is 0 Å². The summed E-state index contributed by atoms with van der Waals surface area (Å²) < 4.78 is 0. The molecule has 3 heteroatoms. The van der Waals surface area contributed by atoms with Gasteiger partial charge in [-0.3, -0.25) is 0 Å². The molecule has 66 valence electrons. The molecule has 0 radical (unpaired) electrons. The summed E-state index contributed by atoms with van der Waals surface area (Å²) in [6.45, 7) is 0.792. The number of hydrogen-bond donors (Lipinski definition) is 0. The maximum atomic E-state index is 5.96. The first kappa shape index (κ1) is 9.85. The Kier molecular flexibility index (Phi) is 3.86. The van der Waals surface area contributed by atoms with E-state index in [9.17, 15) is 0 Å². The summed E-state index contributed by atoms with van der Waals surface area (Å²) in [5.41, 5.74) is 1.06. The first-order valence-electron chi connectivity index (χ1n) is 3.74. The predicted molar refractivity (Wildman–Crippen MR) is 54.3 cm³/mol. The second kappa shape index (κ2) is 4.70. The minimum absolute atomic E-state index is 0.616. The molecule has 0 aliphatic carbocycles. The second-order valence-corrected chi connectivity index (χ2v) is 3.29. The summed E-state index contributed by atoms with van der Waals surface area (Å²) >= 11 is 11.8. The molecule has 0 aliphatic heterocycles. The van der Waals surface area contributed by atoms with Gasteiger partial charge in [-0.1, -0.05) is 35.3 Å². The number of hydrogen-bond acceptors (Lipinski definition) is 0. The lowest BCUT2D eigenvalue weighted by molar-refractivity contribution is 1.04. The Morgan fingerprint density at radius 1 is 1.33 bits per heavy atom. The van der Waals surface area contributed by atoms with Gasteiger partial charge < -0.3 is 5.32 Å². The maximum absolute atomic E-state index is 5.96. The van der Waals surface area contributed by atoms with Crippen LogP contribution in [0.25, 0.3) is 5.32 Å². The van der Waals surface area contributed by atoms with Gasteiger partial charge in [0.1, 0.15) is 0 Å². The monoisotopic (exact) mass is 202 g/mol. The van der Waals surface area contributed by atoms with Crippen molar-refractivity contribution in [2.75, 3.05) is 13.6 Å². The zero-order chi connectivity index (χ0) is 8.97. The van der Waals surface area contributed by atoms with Gasteiger partial charge in [-0.2, -0.15) is 7.05 Å². The molecule has 0 spiro atoms. The Morgan fingerprint density at radius 2 is 2.08 bits per heavy atom. The summed E-state index contributed by atoms with van der Waals surface area (Å²) in [5, 5.41) is 5.27. The molecule has 0 atom stereocenters. The van der Waals surface area contributed by atoms with Crippen LogP contribution >= 0.6 is 23.2 Å². The van der Waals surface area contributed by atoms with Gasteiger partial charge in [-0.05, 0) is 18.1 Å². The smallest absolute Gasteiger partial charge is 0.0623 e. The van der Waals surface area contributed by atoms with Gasteiger partial charge in [-0.25, -0.2) is 0 Å². The molecule has 0 saturated carbocycles. The molecule has 1 aromatic carbocycles. The largest absolute Gasteiger partial charge is 0.665 e. The van der Waals surface area contributed by atoms with Crippen LogP contribution in [-0.4, -0.2) is 13.6 Å². The number of likely N-dealkylation sites (N-methyl/N-ethyl adjacent to an activating group) is 1. The standard InChI is InChI=1S/C9H10Cl2N/c1-12-6-5-7-3-2-4-8(10)9(7)11/h2-4H,5-6H2,1H3/q-1. The van der Waals surface area contributed by atoms with Gasteiger partial charge in [-0.15, -0.1) is 6.54 Å². The molecular weight excluding hydrogens is 193 g/mol. The Bertz CT molecular complexity index is 261. The molecule has 1 nitrogen and oxygen atoms in total. The molecule has 0 aromatic heterocycles. The van der Waals surface area contributed by atoms with Crippen LogP contribution in [0, 0.1) is 0 Å². The molecule has 0 heterocycles. The predicted octanol–water partition coefficient (Wildman–Crippen LogP) is 3.54. The van der Waals surface area contributed by atoms with Crippen LogP contribution in [0.4, 0.5) is 0 Å². The first-order chi connectivity index (χ1) is 5.75. The second-order valence-electron chi connectivity index (χ2n) is 2.50. The lowest BCUT2D eigenvalue weighted by Gasteiger charge is -2.11. The van der Waals surface area contributed by atoms with Crippen molar-refractivity contribution in [3.63, 3.8) is 0 Å². The molecule has 0 saturated heterocycles. The first-order valence-corrected chi connectivity index (χ1v) is 4.49. The third-order valence-corrected chi connectivity index (χ3v) is 2.49. The molecule has 1 rings (SSSR count). The Morgan fingerprint density at radius 3 is 2.75 bits per heavy atom. The van der Waals surface area contributed by atoms with Crippen LogP contribution < -0.4 is 0 Å². The van der Waals surface area contributed by atoms with Crippen LogP contribution in [0.15, 0.2) is 18.2 Å². The van der Waals surface area contributed by atoms with E-state index in [0.29, 0.717) is 10.0 Å². The molecule has 0 fully saturated rings. The Hall–Kier alpha value is -0.240. The average Bonchev–Trinajstić information content (AvgIpc) is 2.08. The fraction of sp³-hybridized carbons (Fsp3) is 0.333. The normalized spacial score (nSPS) is 10.2. The quantitative estimate of drug-likeness (QED) is 0.713. The lowest BCUT2D eigenvalue weighted by atomic mass is 10.1. The van der Waals surface area contributed by atoms with E-state index in [1.54, 1.807) is 13.1 Å². The zero-order valence-electron chi connectivity index (χ0n) is 6.85. The SMILES string of the molecule is C[N-]CCc1cccc(Cl)c1Cl. The van der Waals surface area contributed by atoms with E-state index in [4.69, 9.17) is 23.2 Å². The van der Waals surface area contributed by atoms with Crippen molar-refractivity contribution >= 4 is 23.2 Å². The average molecular weight is 203 g/mol. The minimum Gasteiger partial charge on any atom is -0.665 e. The molecule has 0 unspecified atom stereocenters. The minimum atomic E-state index is 0.616. The van der Waals surface area contributed by atoms with Crippen molar-refractivity contribution in [2.24, 2.45) is 0 Å². The lowest BCUT2D eigenvalue weighted by Crippen LogP contribution is -1.91. The van der Waals surface area contributed by atoms with Crippen molar-refractivity contribution < 1.29 is 0 Å². The summed E-state index contributed by atoms with van der Waals surface area (Å²) in [6.07, 6.45) is 0.857. The fourth-order valence-electron chi connectivity index (χ4n) is 0.974. The van der Waals surface area contributed by atoms with Gasteiger partial charge in [0.2, 0.25) is 0 Å². The van der Waals surface area contributed by atoms with E-state index < -0.39 is 0 Å². The summed E-state index contributed by atoms with van der Waals surface area (Å²) in [6, 6.07) is 5.66. The van der Waals surface area contributed by atoms with E-state index in [1.807, 2.05) is 12.1 Å². The molecule has 12 heavy (non-hydrogen) atoms. The van der Waals surface area contributed by atoms with Gasteiger partial charge >= 0.3 is 0 Å². The number of halogens is 2. The number of nitrogens with zero attached hydrogens (tertiary/aromatic N) is 1. The van der Waals surface area contributed by atoms with Gasteiger partial charge in [0.25, 0.3) is 0 Å². The topological polar surface area (TPSA) is 14.1 Å². The van der Waals surface area contributed by atoms with Crippen LogP contribution in [0.3, 0.4) is 0 Å². The van der Waals surface area contributed by atoms with Crippen LogP contribution in [0.2, 0.25) is 10.0 Å². The van der Waals surface area contributed by atoms with Crippen LogP contribution in [0.1, 0.15) is 5.56 Å². The summed E-state index contributed by atoms with van der Waals surface area (Å²) in [5.74, 6) is 0. The highest BCUT2D eigenvalue weighted by Crippen LogP contribution is 2.25. The third-order valence-electron chi connectivity index (χ3n) is 1.64. The van der Waals surface area contributed by atoms with Gasteiger partial charge in [0.15, 0.2) is 0 Å². The molecule has 1 aromatic rings. The highest BCUT2D eigenvalue weighted by Gasteiger charge is 2.00. The third kappa shape index (κ3) is 2.37. The number of benzene rings is 1. The summed E-state index contributed by atoms with van der Waals surface area (Å²) in [4.78, 5) is 0. The fourth-order valence-corrected chi connectivity index (χ4v) is 1.39. The molecule has 0 N–H and O–H groups in total. The van der Waals surface area contributed by atoms with Gasteiger partial charge in [0.05, 0.1) is 10.0 Å². The molecule has 0 amide bonds. The Labute approximate surface area is 82.7 Å². The van der Waals surface area contributed by atoms with Crippen molar-refractivity contribution in [2.45, 2.75) is 6.42 Å². The van der Waals surface area contributed by atoms with Gasteiger partial charge in [0, 0.05) is 0 Å². The van der Waals surface area contributed by atoms with E-state index in [-0.39, 0.29) is 0 Å².